The van der Waals surface area contributed by atoms with E-state index in [4.69, 9.17) is 18.9 Å². The number of guanidine groups is 1. The fourth-order valence-electron chi connectivity index (χ4n) is 3.49. The molecular formula is C23H35IN4O3. The molecule has 0 saturated carbocycles. The summed E-state index contributed by atoms with van der Waals surface area (Å²) in [6.45, 7) is 4.89. The summed E-state index contributed by atoms with van der Waals surface area (Å²) in [5, 5.41) is 7.07. The van der Waals surface area contributed by atoms with Crippen LogP contribution in [-0.2, 0) is 11.2 Å². The molecule has 1 aliphatic rings. The Hall–Kier alpha value is -1.78. The molecule has 1 aliphatic heterocycles. The number of nitrogens with zero attached hydrogens (tertiary/aromatic N) is 2. The van der Waals surface area contributed by atoms with E-state index >= 15 is 0 Å². The summed E-state index contributed by atoms with van der Waals surface area (Å²) >= 11 is 0. The van der Waals surface area contributed by atoms with Gasteiger partial charge < -0.3 is 29.4 Å². The molecular weight excluding hydrogens is 507 g/mol. The highest BCUT2D eigenvalue weighted by Gasteiger charge is 2.21. The fourth-order valence-corrected chi connectivity index (χ4v) is 3.49. The number of hydrogen-bond donors (Lipinski definition) is 2. The van der Waals surface area contributed by atoms with Crippen LogP contribution < -0.4 is 15.4 Å². The van der Waals surface area contributed by atoms with Crippen LogP contribution in [0, 0.1) is 0 Å². The molecule has 0 fully saturated rings. The number of ether oxygens (including phenoxy) is 2. The number of para-hydroxylation sites is 1. The number of likely N-dealkylation sites (N-methyl/N-ethyl adjacent to an activating group) is 1. The first-order chi connectivity index (χ1) is 14.8. The number of methoxy groups -OCH3 is 1. The summed E-state index contributed by atoms with van der Waals surface area (Å²) in [6, 6.07) is 12.3. The second-order valence-electron chi connectivity index (χ2n) is 7.51. The van der Waals surface area contributed by atoms with Crippen molar-refractivity contribution in [1.29, 1.82) is 0 Å². The molecule has 31 heavy (non-hydrogen) atoms. The maximum atomic E-state index is 5.80. The van der Waals surface area contributed by atoms with Gasteiger partial charge in [0.25, 0.3) is 0 Å². The maximum Gasteiger partial charge on any atom is 0.191 e. The molecule has 0 saturated heterocycles. The standard InChI is InChI=1S/C23H34N4O3.HI/c1-27(14-6-16-28-2)15-13-25-23(24-12-10-19-7-5-17-29-19)26-21-11-18-30-22-9-4-3-8-20(21)22;/h3-5,7-9,17,21H,6,10-16,18H2,1-2H3,(H2,24,25,26);1H. The average molecular weight is 542 g/mol. The van der Waals surface area contributed by atoms with Crippen LogP contribution >= 0.6 is 24.0 Å². The Bertz CT molecular complexity index is 770. The molecule has 1 unspecified atom stereocenters. The average Bonchev–Trinajstić information content (AvgIpc) is 3.27. The van der Waals surface area contributed by atoms with Gasteiger partial charge in [-0.1, -0.05) is 18.2 Å². The largest absolute Gasteiger partial charge is 0.493 e. The van der Waals surface area contributed by atoms with Gasteiger partial charge in [0.2, 0.25) is 0 Å². The summed E-state index contributed by atoms with van der Waals surface area (Å²) in [5.41, 5.74) is 1.18. The van der Waals surface area contributed by atoms with E-state index in [0.717, 1.165) is 69.5 Å². The Kier molecular flexibility index (Phi) is 11.8. The van der Waals surface area contributed by atoms with Crippen LogP contribution in [0.4, 0.5) is 0 Å². The lowest BCUT2D eigenvalue weighted by atomic mass is 10.0. The third kappa shape index (κ3) is 8.70. The zero-order valence-electron chi connectivity index (χ0n) is 18.5. The van der Waals surface area contributed by atoms with E-state index in [1.165, 1.54) is 5.56 Å². The number of hydrogen-bond acceptors (Lipinski definition) is 5. The molecule has 2 N–H and O–H groups in total. The lowest BCUT2D eigenvalue weighted by Gasteiger charge is -2.28. The predicted molar refractivity (Wildman–Crippen MR) is 135 cm³/mol. The SMILES string of the molecule is COCCCN(C)CCN=C(NCCc1ccco1)NC1CCOc2ccccc21.I. The molecule has 0 amide bonds. The number of nitrogens with one attached hydrogen (secondary N) is 2. The van der Waals surface area contributed by atoms with Gasteiger partial charge in [-0.2, -0.15) is 0 Å². The number of rotatable bonds is 11. The lowest BCUT2D eigenvalue weighted by Crippen LogP contribution is -2.42. The van der Waals surface area contributed by atoms with Gasteiger partial charge in [0.15, 0.2) is 5.96 Å². The molecule has 2 heterocycles. The molecule has 8 heteroatoms. The number of aliphatic imine (C=N–C) groups is 1. The van der Waals surface area contributed by atoms with Gasteiger partial charge in [-0.25, -0.2) is 0 Å². The van der Waals surface area contributed by atoms with Crippen molar-refractivity contribution in [3.63, 3.8) is 0 Å². The Morgan fingerprint density at radius 1 is 1.23 bits per heavy atom. The minimum atomic E-state index is 0. The normalized spacial score (nSPS) is 15.7. The minimum absolute atomic E-state index is 0. The van der Waals surface area contributed by atoms with Crippen molar-refractivity contribution < 1.29 is 13.9 Å². The summed E-state index contributed by atoms with van der Waals surface area (Å²) in [5.74, 6) is 2.75. The van der Waals surface area contributed by atoms with Crippen molar-refractivity contribution in [2.75, 3.05) is 53.6 Å². The topological polar surface area (TPSA) is 71.3 Å². The molecule has 0 bridgehead atoms. The smallest absolute Gasteiger partial charge is 0.191 e. The van der Waals surface area contributed by atoms with Crippen LogP contribution in [0.25, 0.3) is 0 Å². The summed E-state index contributed by atoms with van der Waals surface area (Å²) in [4.78, 5) is 7.11. The van der Waals surface area contributed by atoms with E-state index in [0.29, 0.717) is 6.61 Å². The van der Waals surface area contributed by atoms with Gasteiger partial charge in [-0.15, -0.1) is 24.0 Å². The molecule has 0 spiro atoms. The zero-order valence-corrected chi connectivity index (χ0v) is 20.8. The van der Waals surface area contributed by atoms with Crippen LogP contribution in [0.15, 0.2) is 52.1 Å². The molecule has 0 aliphatic carbocycles. The van der Waals surface area contributed by atoms with Gasteiger partial charge in [0.1, 0.15) is 11.5 Å². The third-order valence-corrected chi connectivity index (χ3v) is 5.15. The van der Waals surface area contributed by atoms with Crippen LogP contribution in [0.2, 0.25) is 0 Å². The van der Waals surface area contributed by atoms with E-state index in [-0.39, 0.29) is 30.0 Å². The maximum absolute atomic E-state index is 5.80. The Labute approximate surface area is 202 Å². The fraction of sp³-hybridized carbons (Fsp3) is 0.522. The van der Waals surface area contributed by atoms with Crippen molar-refractivity contribution in [3.05, 3.63) is 54.0 Å². The molecule has 2 aromatic rings. The molecule has 1 aromatic heterocycles. The monoisotopic (exact) mass is 542 g/mol. The second kappa shape index (κ2) is 14.3. The first kappa shape index (κ1) is 25.5. The van der Waals surface area contributed by atoms with Crippen LogP contribution in [0.3, 0.4) is 0 Å². The molecule has 3 rings (SSSR count). The Balaban J connectivity index is 0.00000341. The highest BCUT2D eigenvalue weighted by atomic mass is 127. The van der Waals surface area contributed by atoms with Gasteiger partial charge in [-0.05, 0) is 31.7 Å². The minimum Gasteiger partial charge on any atom is -0.493 e. The van der Waals surface area contributed by atoms with Crippen LogP contribution in [0.5, 0.6) is 5.75 Å². The van der Waals surface area contributed by atoms with Gasteiger partial charge in [-0.3, -0.25) is 4.99 Å². The van der Waals surface area contributed by atoms with E-state index in [1.54, 1.807) is 13.4 Å². The Morgan fingerprint density at radius 2 is 2.10 bits per heavy atom. The highest BCUT2D eigenvalue weighted by molar-refractivity contribution is 14.0. The van der Waals surface area contributed by atoms with Crippen molar-refractivity contribution in [2.24, 2.45) is 4.99 Å². The van der Waals surface area contributed by atoms with E-state index in [9.17, 15) is 0 Å². The van der Waals surface area contributed by atoms with Crippen molar-refractivity contribution in [2.45, 2.75) is 25.3 Å². The molecule has 7 nitrogen and oxygen atoms in total. The van der Waals surface area contributed by atoms with Crippen molar-refractivity contribution in [3.8, 4) is 5.75 Å². The number of fused-ring (bicyclic) bond motifs is 1. The third-order valence-electron chi connectivity index (χ3n) is 5.15. The van der Waals surface area contributed by atoms with Crippen LogP contribution in [0.1, 0.15) is 30.2 Å². The molecule has 1 aromatic carbocycles. The van der Waals surface area contributed by atoms with E-state index in [2.05, 4.69) is 34.7 Å². The van der Waals surface area contributed by atoms with Crippen molar-refractivity contribution >= 4 is 29.9 Å². The zero-order chi connectivity index (χ0) is 21.0. The Morgan fingerprint density at radius 3 is 2.90 bits per heavy atom. The number of benzene rings is 1. The van der Waals surface area contributed by atoms with Gasteiger partial charge in [0, 0.05) is 51.8 Å². The number of furan rings is 1. The summed E-state index contributed by atoms with van der Waals surface area (Å²) in [6.07, 6.45) is 4.46. The van der Waals surface area contributed by atoms with E-state index in [1.807, 2.05) is 24.3 Å². The van der Waals surface area contributed by atoms with E-state index < -0.39 is 0 Å². The number of halogens is 1. The summed E-state index contributed by atoms with van der Waals surface area (Å²) in [7, 11) is 3.86. The quantitative estimate of drug-likeness (QED) is 0.196. The second-order valence-corrected chi connectivity index (χ2v) is 7.51. The molecule has 1 atom stereocenters. The first-order valence-corrected chi connectivity index (χ1v) is 10.7. The van der Waals surface area contributed by atoms with Gasteiger partial charge in [0.05, 0.1) is 25.5 Å². The first-order valence-electron chi connectivity index (χ1n) is 10.7. The van der Waals surface area contributed by atoms with Crippen molar-refractivity contribution in [1.82, 2.24) is 15.5 Å². The lowest BCUT2D eigenvalue weighted by molar-refractivity contribution is 0.180. The summed E-state index contributed by atoms with van der Waals surface area (Å²) < 4.78 is 16.4. The van der Waals surface area contributed by atoms with Crippen LogP contribution in [-0.4, -0.2) is 64.4 Å². The molecule has 0 radical (unpaired) electrons. The molecule has 172 valence electrons. The predicted octanol–water partition coefficient (Wildman–Crippen LogP) is 3.47. The van der Waals surface area contributed by atoms with Gasteiger partial charge >= 0.3 is 0 Å². The highest BCUT2D eigenvalue weighted by Crippen LogP contribution is 2.31.